The van der Waals surface area contributed by atoms with E-state index in [2.05, 4.69) is 20.3 Å². The van der Waals surface area contributed by atoms with E-state index in [1.54, 1.807) is 13.4 Å². The maximum Gasteiger partial charge on any atom is 0.289 e. The minimum absolute atomic E-state index is 0.00289. The molecule has 2 N–H and O–H groups in total. The Morgan fingerprint density at radius 3 is 2.64 bits per heavy atom. The Morgan fingerprint density at radius 1 is 1.24 bits per heavy atom. The molecule has 8 nitrogen and oxygen atoms in total. The van der Waals surface area contributed by atoms with Crippen molar-refractivity contribution in [2.45, 2.75) is 6.42 Å². The highest BCUT2D eigenvalue weighted by atomic mass is 16.5. The first-order valence-electron chi connectivity index (χ1n) is 7.54. The van der Waals surface area contributed by atoms with Gasteiger partial charge in [0.25, 0.3) is 5.91 Å². The number of methoxy groups -OCH3 is 1. The van der Waals surface area contributed by atoms with Gasteiger partial charge in [-0.05, 0) is 24.3 Å². The van der Waals surface area contributed by atoms with Crippen LogP contribution in [-0.2, 0) is 6.42 Å². The second-order valence-electron chi connectivity index (χ2n) is 5.14. The Kier molecular flexibility index (Phi) is 4.89. The van der Waals surface area contributed by atoms with Crippen molar-refractivity contribution in [1.82, 2.24) is 20.3 Å². The van der Waals surface area contributed by atoms with Crippen LogP contribution in [0.5, 0.6) is 11.5 Å². The topological polar surface area (TPSA) is 110 Å². The number of aromatic hydroxyl groups is 1. The smallest absolute Gasteiger partial charge is 0.289 e. The fraction of sp³-hybridized carbons (Fsp3) is 0.176. The normalized spacial score (nSPS) is 10.4. The molecule has 0 saturated heterocycles. The fourth-order valence-electron chi connectivity index (χ4n) is 2.11. The van der Waals surface area contributed by atoms with Gasteiger partial charge < -0.3 is 19.6 Å². The summed E-state index contributed by atoms with van der Waals surface area (Å²) in [5, 5.41) is 11.8. The molecule has 0 radical (unpaired) electrons. The van der Waals surface area contributed by atoms with Crippen molar-refractivity contribution >= 4 is 5.91 Å². The molecule has 0 aliphatic heterocycles. The molecule has 8 heteroatoms. The van der Waals surface area contributed by atoms with Crippen LogP contribution in [0.2, 0.25) is 0 Å². The highest BCUT2D eigenvalue weighted by Gasteiger charge is 2.10. The number of amides is 1. The molecule has 0 spiro atoms. The van der Waals surface area contributed by atoms with Gasteiger partial charge >= 0.3 is 0 Å². The second kappa shape index (κ2) is 7.43. The van der Waals surface area contributed by atoms with Crippen LogP contribution in [-0.4, -0.2) is 39.6 Å². The summed E-state index contributed by atoms with van der Waals surface area (Å²) < 4.78 is 10.6. The zero-order chi connectivity index (χ0) is 17.6. The molecule has 0 aliphatic rings. The Balaban J connectivity index is 1.54. The molecule has 1 amide bonds. The van der Waals surface area contributed by atoms with Gasteiger partial charge in [0.05, 0.1) is 25.2 Å². The molecule has 3 aromatic rings. The third-order valence-electron chi connectivity index (χ3n) is 3.40. The van der Waals surface area contributed by atoms with Gasteiger partial charge in [0.1, 0.15) is 12.0 Å². The van der Waals surface area contributed by atoms with Gasteiger partial charge in [-0.1, -0.05) is 0 Å². The zero-order valence-corrected chi connectivity index (χ0v) is 13.5. The lowest BCUT2D eigenvalue weighted by molar-refractivity contribution is 0.0943. The number of nitrogens with zero attached hydrogens (tertiary/aromatic N) is 3. The molecule has 1 aromatic carbocycles. The van der Waals surface area contributed by atoms with E-state index in [0.29, 0.717) is 18.9 Å². The highest BCUT2D eigenvalue weighted by Crippen LogP contribution is 2.21. The fourth-order valence-corrected chi connectivity index (χ4v) is 2.11. The summed E-state index contributed by atoms with van der Waals surface area (Å²) >= 11 is 0. The molecule has 0 atom stereocenters. The van der Waals surface area contributed by atoms with Gasteiger partial charge in [-0.3, -0.25) is 4.79 Å². The molecule has 128 valence electrons. The van der Waals surface area contributed by atoms with Crippen molar-refractivity contribution in [3.05, 3.63) is 54.4 Å². The lowest BCUT2D eigenvalue weighted by Gasteiger charge is -2.02. The summed E-state index contributed by atoms with van der Waals surface area (Å²) in [6, 6.07) is 7.38. The molecule has 0 fully saturated rings. The van der Waals surface area contributed by atoms with E-state index in [1.807, 2.05) is 24.3 Å². The van der Waals surface area contributed by atoms with Crippen LogP contribution < -0.4 is 10.1 Å². The average molecular weight is 340 g/mol. The largest absolute Gasteiger partial charge is 0.505 e. The molecule has 2 heterocycles. The number of ether oxygens (including phenoxy) is 1. The number of aromatic nitrogens is 3. The van der Waals surface area contributed by atoms with Crippen LogP contribution in [0.25, 0.3) is 11.5 Å². The van der Waals surface area contributed by atoms with Crippen molar-refractivity contribution in [3.8, 4) is 23.0 Å². The monoisotopic (exact) mass is 340 g/mol. The predicted molar refractivity (Wildman–Crippen MR) is 88.2 cm³/mol. The standard InChI is InChI=1S/C17H16N4O4/c1-24-14-4-2-11(3-5-14)17-21-12(10-25-17)6-7-18-16(23)15-19-8-13(22)9-20-15/h2-5,8-10,22H,6-7H2,1H3,(H,18,23). The molecule has 2 aromatic heterocycles. The van der Waals surface area contributed by atoms with Crippen molar-refractivity contribution in [2.75, 3.05) is 13.7 Å². The Morgan fingerprint density at radius 2 is 1.96 bits per heavy atom. The van der Waals surface area contributed by atoms with E-state index < -0.39 is 5.91 Å². The number of carbonyl (C=O) groups is 1. The van der Waals surface area contributed by atoms with Gasteiger partial charge in [0, 0.05) is 18.5 Å². The van der Waals surface area contributed by atoms with E-state index >= 15 is 0 Å². The molecule has 3 rings (SSSR count). The molecule has 0 aliphatic carbocycles. The van der Waals surface area contributed by atoms with Gasteiger partial charge in [-0.2, -0.15) is 0 Å². The van der Waals surface area contributed by atoms with Crippen LogP contribution in [0.4, 0.5) is 0 Å². The van der Waals surface area contributed by atoms with Gasteiger partial charge in [0.2, 0.25) is 11.7 Å². The van der Waals surface area contributed by atoms with Gasteiger partial charge in [-0.25, -0.2) is 15.0 Å². The summed E-state index contributed by atoms with van der Waals surface area (Å²) in [5.41, 5.74) is 1.56. The van der Waals surface area contributed by atoms with E-state index in [4.69, 9.17) is 14.3 Å². The lowest BCUT2D eigenvalue weighted by Crippen LogP contribution is -2.27. The third-order valence-corrected chi connectivity index (χ3v) is 3.40. The molecular formula is C17H16N4O4. The number of hydrogen-bond donors (Lipinski definition) is 2. The first kappa shape index (κ1) is 16.4. The predicted octanol–water partition coefficient (Wildman–Crippen LogP) is 1.82. The summed E-state index contributed by atoms with van der Waals surface area (Å²) in [6.45, 7) is 0.359. The number of carbonyl (C=O) groups excluding carboxylic acids is 1. The van der Waals surface area contributed by atoms with Crippen molar-refractivity contribution in [2.24, 2.45) is 0 Å². The number of rotatable bonds is 6. The molecule has 0 bridgehead atoms. The summed E-state index contributed by atoms with van der Waals surface area (Å²) in [7, 11) is 1.61. The van der Waals surface area contributed by atoms with Crippen LogP contribution in [0.15, 0.2) is 47.3 Å². The molecular weight excluding hydrogens is 324 g/mol. The van der Waals surface area contributed by atoms with Crippen LogP contribution in [0, 0.1) is 0 Å². The average Bonchev–Trinajstić information content (AvgIpc) is 3.11. The SMILES string of the molecule is COc1ccc(-c2nc(CCNC(=O)c3ncc(O)cn3)co2)cc1. The van der Waals surface area contributed by atoms with Crippen LogP contribution in [0.3, 0.4) is 0 Å². The van der Waals surface area contributed by atoms with Crippen LogP contribution >= 0.6 is 0 Å². The first-order valence-corrected chi connectivity index (χ1v) is 7.54. The minimum atomic E-state index is -0.418. The highest BCUT2D eigenvalue weighted by molar-refractivity contribution is 5.90. The van der Waals surface area contributed by atoms with E-state index in [-0.39, 0.29) is 11.6 Å². The van der Waals surface area contributed by atoms with Crippen molar-refractivity contribution in [3.63, 3.8) is 0 Å². The quantitative estimate of drug-likeness (QED) is 0.704. The van der Waals surface area contributed by atoms with Gasteiger partial charge in [-0.15, -0.1) is 0 Å². The summed E-state index contributed by atoms with van der Waals surface area (Å²) in [4.78, 5) is 23.7. The Hall–Kier alpha value is -3.42. The summed E-state index contributed by atoms with van der Waals surface area (Å²) in [6.07, 6.45) is 4.40. The lowest BCUT2D eigenvalue weighted by atomic mass is 10.2. The van der Waals surface area contributed by atoms with E-state index in [1.165, 1.54) is 12.4 Å². The molecule has 25 heavy (non-hydrogen) atoms. The van der Waals surface area contributed by atoms with E-state index in [9.17, 15) is 4.79 Å². The van der Waals surface area contributed by atoms with E-state index in [0.717, 1.165) is 17.0 Å². The van der Waals surface area contributed by atoms with Crippen molar-refractivity contribution in [1.29, 1.82) is 0 Å². The summed E-state index contributed by atoms with van der Waals surface area (Å²) in [5.74, 6) is 0.751. The third kappa shape index (κ3) is 4.11. The minimum Gasteiger partial charge on any atom is -0.505 e. The number of hydrogen-bond acceptors (Lipinski definition) is 7. The maximum absolute atomic E-state index is 11.9. The number of benzene rings is 1. The zero-order valence-electron chi connectivity index (χ0n) is 13.5. The van der Waals surface area contributed by atoms with Crippen LogP contribution in [0.1, 0.15) is 16.3 Å². The number of nitrogens with one attached hydrogen (secondary N) is 1. The van der Waals surface area contributed by atoms with Gasteiger partial charge in [0.15, 0.2) is 5.75 Å². The second-order valence-corrected chi connectivity index (χ2v) is 5.14. The van der Waals surface area contributed by atoms with Crippen molar-refractivity contribution < 1.29 is 19.1 Å². The molecule has 0 saturated carbocycles. The Labute approximate surface area is 143 Å². The number of oxazole rings is 1. The molecule has 0 unspecified atom stereocenters. The Bertz CT molecular complexity index is 844. The maximum atomic E-state index is 11.9. The first-order chi connectivity index (χ1) is 12.2.